The van der Waals surface area contributed by atoms with Gasteiger partial charge in [0.05, 0.1) is 11.5 Å². The Morgan fingerprint density at radius 2 is 1.63 bits per heavy atom. The summed E-state index contributed by atoms with van der Waals surface area (Å²) in [5, 5.41) is 10.6. The molecule has 4 fully saturated rings. The zero-order valence-electron chi connectivity index (χ0n) is 19.4. The number of nitrogens with zero attached hydrogens (tertiary/aromatic N) is 1. The van der Waals surface area contributed by atoms with Gasteiger partial charge in [0.1, 0.15) is 0 Å². The number of hydrogen-bond acceptors (Lipinski definition) is 2. The van der Waals surface area contributed by atoms with E-state index in [1.165, 1.54) is 50.5 Å². The van der Waals surface area contributed by atoms with Crippen LogP contribution in [0.5, 0.6) is 0 Å². The highest BCUT2D eigenvalue weighted by molar-refractivity contribution is 5.50. The summed E-state index contributed by atoms with van der Waals surface area (Å²) < 4.78 is 0. The smallest absolute Gasteiger partial charge is 0.0901 e. The van der Waals surface area contributed by atoms with Gasteiger partial charge in [-0.2, -0.15) is 5.26 Å². The Labute approximate surface area is 183 Å². The number of nitrogens with two attached hydrogens (primary N) is 1. The molecular formula is C28H40N2. The third kappa shape index (κ3) is 2.20. The van der Waals surface area contributed by atoms with Gasteiger partial charge in [-0.25, -0.2) is 0 Å². The van der Waals surface area contributed by atoms with Gasteiger partial charge in [0.25, 0.3) is 0 Å². The Balaban J connectivity index is 1.52. The normalized spacial score (nSPS) is 50.7. The molecule has 4 unspecified atom stereocenters. The van der Waals surface area contributed by atoms with E-state index in [1.54, 1.807) is 0 Å². The van der Waals surface area contributed by atoms with E-state index in [9.17, 15) is 5.26 Å². The highest BCUT2D eigenvalue weighted by Crippen LogP contribution is 2.74. The zero-order valence-corrected chi connectivity index (χ0v) is 19.4. The summed E-state index contributed by atoms with van der Waals surface area (Å²) in [5.74, 6) is 2.05. The van der Waals surface area contributed by atoms with Crippen LogP contribution in [-0.2, 0) is 0 Å². The van der Waals surface area contributed by atoms with Gasteiger partial charge >= 0.3 is 0 Å². The second kappa shape index (κ2) is 6.27. The summed E-state index contributed by atoms with van der Waals surface area (Å²) in [6.07, 6.45) is 13.1. The van der Waals surface area contributed by atoms with Crippen molar-refractivity contribution in [1.82, 2.24) is 0 Å². The molecule has 2 heteroatoms. The Morgan fingerprint density at radius 1 is 0.933 bits per heavy atom. The van der Waals surface area contributed by atoms with Gasteiger partial charge in [0.15, 0.2) is 0 Å². The number of allylic oxidation sites excluding steroid dienone is 4. The lowest BCUT2D eigenvalue weighted by Crippen LogP contribution is -2.54. The molecule has 0 radical (unpaired) electrons. The molecule has 0 aromatic carbocycles. The van der Waals surface area contributed by atoms with Crippen molar-refractivity contribution in [2.24, 2.45) is 45.1 Å². The number of rotatable bonds is 1. The average molecular weight is 405 g/mol. The molecule has 4 saturated carbocycles. The van der Waals surface area contributed by atoms with Crippen LogP contribution in [-0.4, -0.2) is 0 Å². The largest absolute Gasteiger partial charge is 0.402 e. The summed E-state index contributed by atoms with van der Waals surface area (Å²) in [5.41, 5.74) is 11.8. The average Bonchev–Trinajstić information content (AvgIpc) is 3.35. The Bertz CT molecular complexity index is 889. The van der Waals surface area contributed by atoms with Crippen LogP contribution in [0.3, 0.4) is 0 Å². The number of fused-ring (bicyclic) bond motifs is 3. The van der Waals surface area contributed by atoms with Gasteiger partial charge < -0.3 is 5.73 Å². The minimum atomic E-state index is -0.420. The van der Waals surface area contributed by atoms with E-state index in [0.717, 1.165) is 48.4 Å². The number of hydrogen-bond donors (Lipinski definition) is 1. The summed E-state index contributed by atoms with van der Waals surface area (Å²) >= 11 is 0. The molecule has 0 aromatic rings. The van der Waals surface area contributed by atoms with Crippen LogP contribution >= 0.6 is 0 Å². The molecule has 5 aliphatic rings. The standard InChI is InChI=1S/C28H40N2/c1-18-6-13-27(16-18)14-9-21-20(3)22(8-12-25(21,27)4)26(5)11-7-19(2)24-23(30)10-15-28(24,26)17-29/h20-22H,1-2,6-16,30H2,3-5H3/t20?,21?,22?,25-,26+,27+,28?/m0/s1. The van der Waals surface area contributed by atoms with Crippen molar-refractivity contribution in [3.05, 3.63) is 35.6 Å². The lowest BCUT2D eigenvalue weighted by atomic mass is 9.43. The number of nitriles is 1. The third-order valence-electron chi connectivity index (χ3n) is 11.6. The van der Waals surface area contributed by atoms with Crippen molar-refractivity contribution in [3.8, 4) is 6.07 Å². The Hall–Kier alpha value is -1.49. The van der Waals surface area contributed by atoms with Crippen molar-refractivity contribution in [2.45, 2.75) is 91.4 Å². The summed E-state index contributed by atoms with van der Waals surface area (Å²) in [7, 11) is 0. The van der Waals surface area contributed by atoms with Crippen LogP contribution in [0.2, 0.25) is 0 Å². The van der Waals surface area contributed by atoms with E-state index >= 15 is 0 Å². The van der Waals surface area contributed by atoms with Crippen molar-refractivity contribution < 1.29 is 0 Å². The minimum Gasteiger partial charge on any atom is -0.402 e. The maximum Gasteiger partial charge on any atom is 0.0901 e. The van der Waals surface area contributed by atoms with E-state index in [4.69, 9.17) is 5.73 Å². The van der Waals surface area contributed by atoms with Crippen LogP contribution in [0, 0.1) is 50.7 Å². The Kier molecular flexibility index (Phi) is 4.27. The van der Waals surface area contributed by atoms with E-state index in [-0.39, 0.29) is 5.41 Å². The Morgan fingerprint density at radius 3 is 2.30 bits per heavy atom. The SMILES string of the molecule is C=C1CC[C@@]2(CCC3C(C)C([C@@]4(C)CCC(=C)C5=C(N)CCC54C#N)CC[C@@]32C)C1. The van der Waals surface area contributed by atoms with Crippen LogP contribution in [0.25, 0.3) is 0 Å². The molecule has 162 valence electrons. The summed E-state index contributed by atoms with van der Waals surface area (Å²) in [6, 6.07) is 2.86. The molecule has 2 nitrogen and oxygen atoms in total. The fourth-order valence-electron chi connectivity index (χ4n) is 9.83. The molecule has 0 heterocycles. The van der Waals surface area contributed by atoms with Gasteiger partial charge in [-0.1, -0.05) is 39.5 Å². The topological polar surface area (TPSA) is 49.8 Å². The predicted octanol–water partition coefficient (Wildman–Crippen LogP) is 7.05. The van der Waals surface area contributed by atoms with Crippen molar-refractivity contribution >= 4 is 0 Å². The van der Waals surface area contributed by atoms with E-state index < -0.39 is 5.41 Å². The molecule has 30 heavy (non-hydrogen) atoms. The highest BCUT2D eigenvalue weighted by atomic mass is 14.7. The highest BCUT2D eigenvalue weighted by Gasteiger charge is 2.66. The predicted molar refractivity (Wildman–Crippen MR) is 123 cm³/mol. The van der Waals surface area contributed by atoms with E-state index in [0.29, 0.717) is 22.7 Å². The molecule has 0 bridgehead atoms. The summed E-state index contributed by atoms with van der Waals surface area (Å²) in [4.78, 5) is 0. The zero-order chi connectivity index (χ0) is 21.5. The van der Waals surface area contributed by atoms with Crippen molar-refractivity contribution in [3.63, 3.8) is 0 Å². The molecule has 1 spiro atoms. The second-order valence-electron chi connectivity index (χ2n) is 12.2. The molecular weight excluding hydrogens is 364 g/mol. The first-order valence-electron chi connectivity index (χ1n) is 12.4. The molecule has 5 rings (SSSR count). The van der Waals surface area contributed by atoms with E-state index in [1.807, 2.05) is 0 Å². The van der Waals surface area contributed by atoms with Crippen LogP contribution in [0.1, 0.15) is 91.4 Å². The first-order chi connectivity index (χ1) is 14.1. The van der Waals surface area contributed by atoms with Crippen LogP contribution in [0.4, 0.5) is 0 Å². The third-order valence-corrected chi connectivity index (χ3v) is 11.6. The van der Waals surface area contributed by atoms with Crippen molar-refractivity contribution in [1.29, 1.82) is 5.26 Å². The fourth-order valence-corrected chi connectivity index (χ4v) is 9.83. The molecule has 7 atom stereocenters. The molecule has 0 aromatic heterocycles. The maximum absolute atomic E-state index is 10.6. The monoisotopic (exact) mass is 404 g/mol. The maximum atomic E-state index is 10.6. The first kappa shape index (κ1) is 20.4. The molecule has 0 amide bonds. The van der Waals surface area contributed by atoms with Gasteiger partial charge in [0.2, 0.25) is 0 Å². The lowest BCUT2D eigenvalue weighted by Gasteiger charge is -2.60. The summed E-state index contributed by atoms with van der Waals surface area (Å²) in [6.45, 7) is 16.3. The molecule has 0 aliphatic heterocycles. The van der Waals surface area contributed by atoms with E-state index in [2.05, 4.69) is 40.0 Å². The van der Waals surface area contributed by atoms with Gasteiger partial charge in [-0.3, -0.25) is 0 Å². The van der Waals surface area contributed by atoms with Crippen LogP contribution in [0.15, 0.2) is 35.6 Å². The first-order valence-corrected chi connectivity index (χ1v) is 12.4. The second-order valence-corrected chi connectivity index (χ2v) is 12.2. The van der Waals surface area contributed by atoms with Gasteiger partial charge in [-0.05, 0) is 116 Å². The van der Waals surface area contributed by atoms with Gasteiger partial charge in [0, 0.05) is 5.70 Å². The molecule has 2 N–H and O–H groups in total. The van der Waals surface area contributed by atoms with Crippen molar-refractivity contribution in [2.75, 3.05) is 0 Å². The minimum absolute atomic E-state index is 0.00909. The van der Waals surface area contributed by atoms with Gasteiger partial charge in [-0.15, -0.1) is 0 Å². The molecule has 0 saturated heterocycles. The molecule has 5 aliphatic carbocycles. The fraction of sp³-hybridized carbons (Fsp3) is 0.750. The lowest BCUT2D eigenvalue weighted by molar-refractivity contribution is -0.0908. The quantitative estimate of drug-likeness (QED) is 0.476. The van der Waals surface area contributed by atoms with Crippen LogP contribution < -0.4 is 5.73 Å².